The van der Waals surface area contributed by atoms with Gasteiger partial charge in [-0.05, 0) is 47.9 Å². The molecule has 0 radical (unpaired) electrons. The highest BCUT2D eigenvalue weighted by molar-refractivity contribution is 9.10. The molecule has 0 aliphatic rings. The fraction of sp³-hybridized carbons (Fsp3) is 0.200. The van der Waals surface area contributed by atoms with Gasteiger partial charge in [-0.2, -0.15) is 0 Å². The summed E-state index contributed by atoms with van der Waals surface area (Å²) in [4.78, 5) is 0. The van der Waals surface area contributed by atoms with Crippen molar-refractivity contribution in [3.63, 3.8) is 0 Å². The fourth-order valence-electron chi connectivity index (χ4n) is 2.00. The molecule has 2 aromatic carbocycles. The molecule has 0 aliphatic carbocycles. The van der Waals surface area contributed by atoms with Crippen molar-refractivity contribution in [1.82, 2.24) is 0 Å². The molecule has 1 unspecified atom stereocenters. The van der Waals surface area contributed by atoms with Crippen molar-refractivity contribution in [3.05, 3.63) is 63.6 Å². The Morgan fingerprint density at radius 2 is 1.81 bits per heavy atom. The zero-order valence-corrected chi connectivity index (χ0v) is 12.6. The summed E-state index contributed by atoms with van der Waals surface area (Å²) in [7, 11) is 0. The Morgan fingerprint density at radius 1 is 1.10 bits per heavy atom. The topological polar surface area (TPSA) is 29.5 Å². The van der Waals surface area contributed by atoms with Gasteiger partial charge >= 0.3 is 6.36 Å². The molecule has 0 fully saturated rings. The van der Waals surface area contributed by atoms with Crippen LogP contribution in [-0.2, 0) is 0 Å². The maximum Gasteiger partial charge on any atom is 0.573 e. The van der Waals surface area contributed by atoms with E-state index in [4.69, 9.17) is 0 Å². The first-order valence-electron chi connectivity index (χ1n) is 6.05. The number of aryl methyl sites for hydroxylation is 1. The summed E-state index contributed by atoms with van der Waals surface area (Å²) in [5.41, 5.74) is 1.85. The second-order valence-electron chi connectivity index (χ2n) is 4.58. The van der Waals surface area contributed by atoms with Crippen LogP contribution >= 0.6 is 15.9 Å². The van der Waals surface area contributed by atoms with Gasteiger partial charge in [0.25, 0.3) is 0 Å². The van der Waals surface area contributed by atoms with E-state index in [1.54, 1.807) is 18.2 Å². The molecular formula is C15H12BrF3O2. The molecule has 0 heterocycles. The molecule has 0 aliphatic heterocycles. The Bertz CT molecular complexity index is 621. The predicted octanol–water partition coefficient (Wildman–Crippen LogP) is 4.74. The van der Waals surface area contributed by atoms with E-state index in [9.17, 15) is 18.3 Å². The highest BCUT2D eigenvalue weighted by Crippen LogP contribution is 2.30. The van der Waals surface area contributed by atoms with Crippen LogP contribution in [0.25, 0.3) is 0 Å². The molecule has 0 bridgehead atoms. The normalized spacial score (nSPS) is 13.0. The number of aliphatic hydroxyl groups is 1. The number of benzene rings is 2. The minimum absolute atomic E-state index is 0.328. The van der Waals surface area contributed by atoms with Crippen LogP contribution in [-0.4, -0.2) is 11.5 Å². The SMILES string of the molecule is Cc1cc(Br)cc(C(O)c2cccc(OC(F)(F)F)c2)c1. The minimum Gasteiger partial charge on any atom is -0.406 e. The zero-order valence-electron chi connectivity index (χ0n) is 11.0. The Labute approximate surface area is 128 Å². The standard InChI is InChI=1S/C15H12BrF3O2/c1-9-5-11(7-12(16)6-9)14(20)10-3-2-4-13(8-10)21-15(17,18)19/h2-8,14,20H,1H3. The van der Waals surface area contributed by atoms with Crippen molar-refractivity contribution in [2.75, 3.05) is 0 Å². The quantitative estimate of drug-likeness (QED) is 0.856. The number of ether oxygens (including phenoxy) is 1. The van der Waals surface area contributed by atoms with Gasteiger partial charge in [-0.1, -0.05) is 34.1 Å². The molecule has 1 N–H and O–H groups in total. The van der Waals surface area contributed by atoms with Crippen LogP contribution in [0.4, 0.5) is 13.2 Å². The van der Waals surface area contributed by atoms with E-state index in [1.807, 2.05) is 13.0 Å². The Balaban J connectivity index is 2.30. The first kappa shape index (κ1) is 15.9. The summed E-state index contributed by atoms with van der Waals surface area (Å²) in [6.45, 7) is 1.87. The zero-order chi connectivity index (χ0) is 15.6. The number of rotatable bonds is 3. The smallest absolute Gasteiger partial charge is 0.406 e. The highest BCUT2D eigenvalue weighted by Gasteiger charge is 2.31. The Hall–Kier alpha value is -1.53. The largest absolute Gasteiger partial charge is 0.573 e. The van der Waals surface area contributed by atoms with Crippen LogP contribution in [0, 0.1) is 6.92 Å². The van der Waals surface area contributed by atoms with Crippen molar-refractivity contribution >= 4 is 15.9 Å². The first-order valence-corrected chi connectivity index (χ1v) is 6.85. The van der Waals surface area contributed by atoms with E-state index in [2.05, 4.69) is 20.7 Å². The summed E-state index contributed by atoms with van der Waals surface area (Å²) in [5, 5.41) is 10.3. The van der Waals surface area contributed by atoms with Crippen LogP contribution in [0.5, 0.6) is 5.75 Å². The van der Waals surface area contributed by atoms with E-state index in [0.717, 1.165) is 10.0 Å². The van der Waals surface area contributed by atoms with E-state index < -0.39 is 12.5 Å². The van der Waals surface area contributed by atoms with Crippen molar-refractivity contribution < 1.29 is 23.0 Å². The maximum absolute atomic E-state index is 12.2. The van der Waals surface area contributed by atoms with Crippen LogP contribution < -0.4 is 4.74 Å². The van der Waals surface area contributed by atoms with E-state index in [-0.39, 0.29) is 5.75 Å². The van der Waals surface area contributed by atoms with Crippen molar-refractivity contribution in [1.29, 1.82) is 0 Å². The van der Waals surface area contributed by atoms with Gasteiger partial charge in [0.2, 0.25) is 0 Å². The third-order valence-electron chi connectivity index (χ3n) is 2.79. The predicted molar refractivity (Wildman–Crippen MR) is 76.1 cm³/mol. The van der Waals surface area contributed by atoms with Gasteiger partial charge < -0.3 is 9.84 Å². The molecule has 0 amide bonds. The number of aliphatic hydroxyl groups excluding tert-OH is 1. The second-order valence-corrected chi connectivity index (χ2v) is 5.50. The molecule has 1 atom stereocenters. The average Bonchev–Trinajstić information content (AvgIpc) is 2.35. The molecule has 0 spiro atoms. The van der Waals surface area contributed by atoms with Gasteiger partial charge in [-0.3, -0.25) is 0 Å². The molecule has 6 heteroatoms. The molecule has 21 heavy (non-hydrogen) atoms. The van der Waals surface area contributed by atoms with Crippen LogP contribution in [0.2, 0.25) is 0 Å². The third-order valence-corrected chi connectivity index (χ3v) is 3.25. The lowest BCUT2D eigenvalue weighted by atomic mass is 10.00. The van der Waals surface area contributed by atoms with Gasteiger partial charge in [-0.15, -0.1) is 13.2 Å². The first-order chi connectivity index (χ1) is 9.74. The van der Waals surface area contributed by atoms with E-state index in [1.165, 1.54) is 18.2 Å². The summed E-state index contributed by atoms with van der Waals surface area (Å²) < 4.78 is 41.3. The monoisotopic (exact) mass is 360 g/mol. The molecule has 0 saturated heterocycles. The molecule has 2 rings (SSSR count). The van der Waals surface area contributed by atoms with E-state index >= 15 is 0 Å². The summed E-state index contributed by atoms with van der Waals surface area (Å²) in [6.07, 6.45) is -5.78. The average molecular weight is 361 g/mol. The molecule has 0 aromatic heterocycles. The van der Waals surface area contributed by atoms with Gasteiger partial charge in [0.1, 0.15) is 11.9 Å². The lowest BCUT2D eigenvalue weighted by Gasteiger charge is -2.15. The lowest BCUT2D eigenvalue weighted by molar-refractivity contribution is -0.274. The molecule has 0 saturated carbocycles. The van der Waals surface area contributed by atoms with Gasteiger partial charge in [0, 0.05) is 4.47 Å². The number of alkyl halides is 3. The van der Waals surface area contributed by atoms with Crippen LogP contribution in [0.1, 0.15) is 22.8 Å². The molecule has 112 valence electrons. The summed E-state index contributed by atoms with van der Waals surface area (Å²) >= 11 is 3.32. The lowest BCUT2D eigenvalue weighted by Crippen LogP contribution is -2.17. The third kappa shape index (κ3) is 4.47. The minimum atomic E-state index is -4.75. The van der Waals surface area contributed by atoms with E-state index in [0.29, 0.717) is 11.1 Å². The summed E-state index contributed by atoms with van der Waals surface area (Å²) in [5.74, 6) is -0.356. The van der Waals surface area contributed by atoms with Crippen molar-refractivity contribution in [2.24, 2.45) is 0 Å². The fourth-order valence-corrected chi connectivity index (χ4v) is 2.62. The molecule has 2 aromatic rings. The molecular weight excluding hydrogens is 349 g/mol. The van der Waals surface area contributed by atoms with Gasteiger partial charge in [0.15, 0.2) is 0 Å². The number of hydrogen-bond donors (Lipinski definition) is 1. The Kier molecular flexibility index (Phi) is 4.58. The van der Waals surface area contributed by atoms with Crippen molar-refractivity contribution in [3.8, 4) is 5.75 Å². The Morgan fingerprint density at radius 3 is 2.43 bits per heavy atom. The number of halogens is 4. The van der Waals surface area contributed by atoms with Crippen LogP contribution in [0.15, 0.2) is 46.9 Å². The number of hydrogen-bond acceptors (Lipinski definition) is 2. The van der Waals surface area contributed by atoms with Gasteiger partial charge in [0.05, 0.1) is 0 Å². The van der Waals surface area contributed by atoms with Gasteiger partial charge in [-0.25, -0.2) is 0 Å². The summed E-state index contributed by atoms with van der Waals surface area (Å²) in [6, 6.07) is 10.7. The highest BCUT2D eigenvalue weighted by atomic mass is 79.9. The van der Waals surface area contributed by atoms with Crippen molar-refractivity contribution in [2.45, 2.75) is 19.4 Å². The molecule has 2 nitrogen and oxygen atoms in total. The van der Waals surface area contributed by atoms with Crippen LogP contribution in [0.3, 0.4) is 0 Å². The maximum atomic E-state index is 12.2. The second kappa shape index (κ2) is 6.07.